The molecule has 0 unspecified atom stereocenters. The zero-order valence-electron chi connectivity index (χ0n) is 14.8. The molecule has 0 fully saturated rings. The van der Waals surface area contributed by atoms with Crippen LogP contribution >= 0.6 is 0 Å². The molecule has 0 aliphatic heterocycles. The first kappa shape index (κ1) is 17.5. The van der Waals surface area contributed by atoms with Gasteiger partial charge in [0.15, 0.2) is 0 Å². The summed E-state index contributed by atoms with van der Waals surface area (Å²) in [6.07, 6.45) is 3.33. The number of anilines is 3. The number of hydrogen-bond donors (Lipinski definition) is 1. The number of para-hydroxylation sites is 1. The molecule has 1 amide bonds. The van der Waals surface area contributed by atoms with Crippen LogP contribution in [-0.4, -0.2) is 24.5 Å². The maximum atomic E-state index is 12.6. The lowest BCUT2D eigenvalue weighted by Crippen LogP contribution is -2.18. The summed E-state index contributed by atoms with van der Waals surface area (Å²) in [6, 6.07) is 19.1. The summed E-state index contributed by atoms with van der Waals surface area (Å²) in [7, 11) is 1.59. The topological polar surface area (TPSA) is 54.5 Å². The second-order valence-corrected chi connectivity index (χ2v) is 5.70. The number of nitrogens with zero attached hydrogens (tertiary/aromatic N) is 2. The van der Waals surface area contributed by atoms with Crippen LogP contribution in [0.25, 0.3) is 0 Å². The van der Waals surface area contributed by atoms with E-state index < -0.39 is 0 Å². The average molecular weight is 347 g/mol. The van der Waals surface area contributed by atoms with Gasteiger partial charge in [-0.3, -0.25) is 9.78 Å². The van der Waals surface area contributed by atoms with Crippen molar-refractivity contribution in [2.45, 2.75) is 6.92 Å². The van der Waals surface area contributed by atoms with Gasteiger partial charge in [-0.15, -0.1) is 0 Å². The number of amides is 1. The van der Waals surface area contributed by atoms with Crippen molar-refractivity contribution >= 4 is 23.0 Å². The fourth-order valence-electron chi connectivity index (χ4n) is 2.73. The average Bonchev–Trinajstić information content (AvgIpc) is 2.70. The summed E-state index contributed by atoms with van der Waals surface area (Å²) in [5, 5.41) is 2.88. The fraction of sp³-hybridized carbons (Fsp3) is 0.143. The zero-order chi connectivity index (χ0) is 18.4. The van der Waals surface area contributed by atoms with Crippen molar-refractivity contribution in [2.24, 2.45) is 0 Å². The van der Waals surface area contributed by atoms with E-state index in [1.54, 1.807) is 25.6 Å². The minimum absolute atomic E-state index is 0.211. The molecule has 1 heterocycles. The van der Waals surface area contributed by atoms with E-state index >= 15 is 0 Å². The lowest BCUT2D eigenvalue weighted by molar-refractivity contribution is 0.102. The monoisotopic (exact) mass is 347 g/mol. The molecule has 3 aromatic rings. The number of benzene rings is 2. The maximum Gasteiger partial charge on any atom is 0.257 e. The molecule has 0 spiro atoms. The smallest absolute Gasteiger partial charge is 0.257 e. The van der Waals surface area contributed by atoms with Crippen molar-refractivity contribution in [1.29, 1.82) is 0 Å². The van der Waals surface area contributed by atoms with Gasteiger partial charge in [0.2, 0.25) is 0 Å². The van der Waals surface area contributed by atoms with Crippen molar-refractivity contribution in [3.05, 3.63) is 78.6 Å². The molecule has 132 valence electrons. The summed E-state index contributed by atoms with van der Waals surface area (Å²) >= 11 is 0. The molecule has 0 saturated heterocycles. The SMILES string of the molecule is CCN(c1ccccc1)c1cncc(C(=O)Nc2cccc(OC)c2)c1. The van der Waals surface area contributed by atoms with Crippen molar-refractivity contribution in [1.82, 2.24) is 4.98 Å². The van der Waals surface area contributed by atoms with Gasteiger partial charge in [0.1, 0.15) is 5.75 Å². The number of carbonyl (C=O) groups is 1. The number of hydrogen-bond acceptors (Lipinski definition) is 4. The predicted molar refractivity (Wildman–Crippen MR) is 104 cm³/mol. The number of rotatable bonds is 6. The molecule has 0 saturated carbocycles. The summed E-state index contributed by atoms with van der Waals surface area (Å²) < 4.78 is 5.19. The summed E-state index contributed by atoms with van der Waals surface area (Å²) in [4.78, 5) is 19.0. The van der Waals surface area contributed by atoms with Gasteiger partial charge in [-0.05, 0) is 37.3 Å². The largest absolute Gasteiger partial charge is 0.497 e. The van der Waals surface area contributed by atoms with Crippen LogP contribution in [0.1, 0.15) is 17.3 Å². The molecule has 3 rings (SSSR count). The Morgan fingerprint density at radius 2 is 1.85 bits per heavy atom. The standard InChI is InChI=1S/C21H21N3O2/c1-3-24(18-9-5-4-6-10-18)19-12-16(14-22-15-19)21(25)23-17-8-7-11-20(13-17)26-2/h4-15H,3H2,1-2H3,(H,23,25). The first-order valence-electron chi connectivity index (χ1n) is 8.44. The van der Waals surface area contributed by atoms with Gasteiger partial charge in [0.25, 0.3) is 5.91 Å². The fourth-order valence-corrected chi connectivity index (χ4v) is 2.73. The Morgan fingerprint density at radius 3 is 2.58 bits per heavy atom. The molecular formula is C21H21N3O2. The van der Waals surface area contributed by atoms with Crippen LogP contribution in [-0.2, 0) is 0 Å². The minimum Gasteiger partial charge on any atom is -0.497 e. The Kier molecular flexibility index (Phi) is 5.49. The van der Waals surface area contributed by atoms with Crippen LogP contribution in [0.3, 0.4) is 0 Å². The highest BCUT2D eigenvalue weighted by atomic mass is 16.5. The zero-order valence-corrected chi connectivity index (χ0v) is 14.8. The van der Waals surface area contributed by atoms with E-state index in [0.717, 1.165) is 17.9 Å². The summed E-state index contributed by atoms with van der Waals surface area (Å²) in [5.74, 6) is 0.479. The Labute approximate surface area is 153 Å². The Bertz CT molecular complexity index is 881. The second kappa shape index (κ2) is 8.16. The lowest BCUT2D eigenvalue weighted by atomic mass is 10.2. The van der Waals surface area contributed by atoms with Crippen LogP contribution in [0.15, 0.2) is 73.1 Å². The number of aromatic nitrogens is 1. The van der Waals surface area contributed by atoms with Crippen molar-refractivity contribution in [3.63, 3.8) is 0 Å². The van der Waals surface area contributed by atoms with Crippen LogP contribution in [0.4, 0.5) is 17.1 Å². The van der Waals surface area contributed by atoms with E-state index in [4.69, 9.17) is 4.74 Å². The molecule has 0 aliphatic rings. The first-order valence-corrected chi connectivity index (χ1v) is 8.44. The summed E-state index contributed by atoms with van der Waals surface area (Å²) in [5.41, 5.74) is 3.11. The molecule has 1 aromatic heterocycles. The molecule has 26 heavy (non-hydrogen) atoms. The number of carbonyl (C=O) groups excluding carboxylic acids is 1. The van der Waals surface area contributed by atoms with Gasteiger partial charge >= 0.3 is 0 Å². The number of methoxy groups -OCH3 is 1. The number of pyridine rings is 1. The highest BCUT2D eigenvalue weighted by Crippen LogP contribution is 2.25. The molecule has 5 nitrogen and oxygen atoms in total. The van der Waals surface area contributed by atoms with Crippen LogP contribution in [0, 0.1) is 0 Å². The van der Waals surface area contributed by atoms with Crippen LogP contribution < -0.4 is 15.0 Å². The third-order valence-corrected chi connectivity index (χ3v) is 4.01. The van der Waals surface area contributed by atoms with Crippen molar-refractivity contribution in [3.8, 4) is 5.75 Å². The molecule has 0 bridgehead atoms. The van der Waals surface area contributed by atoms with E-state index in [9.17, 15) is 4.79 Å². The van der Waals surface area contributed by atoms with Gasteiger partial charge in [-0.1, -0.05) is 24.3 Å². The van der Waals surface area contributed by atoms with Crippen LogP contribution in [0.5, 0.6) is 5.75 Å². The Hall–Kier alpha value is -3.34. The minimum atomic E-state index is -0.211. The maximum absolute atomic E-state index is 12.6. The third-order valence-electron chi connectivity index (χ3n) is 4.01. The van der Waals surface area contributed by atoms with Gasteiger partial charge in [0, 0.05) is 30.2 Å². The van der Waals surface area contributed by atoms with Gasteiger partial charge < -0.3 is 15.0 Å². The van der Waals surface area contributed by atoms with Gasteiger partial charge in [0.05, 0.1) is 24.6 Å². The highest BCUT2D eigenvalue weighted by Gasteiger charge is 2.12. The molecule has 0 atom stereocenters. The quantitative estimate of drug-likeness (QED) is 0.713. The van der Waals surface area contributed by atoms with E-state index in [2.05, 4.69) is 22.1 Å². The highest BCUT2D eigenvalue weighted by molar-refractivity contribution is 6.04. The molecule has 0 radical (unpaired) electrons. The Morgan fingerprint density at radius 1 is 1.04 bits per heavy atom. The van der Waals surface area contributed by atoms with E-state index in [1.807, 2.05) is 54.6 Å². The molecule has 1 N–H and O–H groups in total. The van der Waals surface area contributed by atoms with Gasteiger partial charge in [-0.25, -0.2) is 0 Å². The first-order chi connectivity index (χ1) is 12.7. The van der Waals surface area contributed by atoms with E-state index in [1.165, 1.54) is 0 Å². The summed E-state index contributed by atoms with van der Waals surface area (Å²) in [6.45, 7) is 2.84. The number of ether oxygens (including phenoxy) is 1. The van der Waals surface area contributed by atoms with Crippen LogP contribution in [0.2, 0.25) is 0 Å². The molecule has 5 heteroatoms. The van der Waals surface area contributed by atoms with Gasteiger partial charge in [-0.2, -0.15) is 0 Å². The third kappa shape index (κ3) is 4.00. The van der Waals surface area contributed by atoms with E-state index in [0.29, 0.717) is 17.0 Å². The van der Waals surface area contributed by atoms with E-state index in [-0.39, 0.29) is 5.91 Å². The van der Waals surface area contributed by atoms with Crippen molar-refractivity contribution in [2.75, 3.05) is 23.9 Å². The van der Waals surface area contributed by atoms with Crippen molar-refractivity contribution < 1.29 is 9.53 Å². The predicted octanol–water partition coefficient (Wildman–Crippen LogP) is 4.50. The number of nitrogens with one attached hydrogen (secondary N) is 1. The molecule has 0 aliphatic carbocycles. The Balaban J connectivity index is 1.83. The molecule has 2 aromatic carbocycles. The molecular weight excluding hydrogens is 326 g/mol. The normalized spacial score (nSPS) is 10.2. The second-order valence-electron chi connectivity index (χ2n) is 5.70. The lowest BCUT2D eigenvalue weighted by Gasteiger charge is -2.23.